The highest BCUT2D eigenvalue weighted by Crippen LogP contribution is 2.25. The minimum Gasteiger partial charge on any atom is -0.342 e. The first-order valence-corrected chi connectivity index (χ1v) is 11.9. The number of likely N-dealkylation sites (N-methyl/N-ethyl adjacent to an activating group) is 1. The molecule has 0 unspecified atom stereocenters. The molecule has 9 heteroatoms. The molecule has 31 heavy (non-hydrogen) atoms. The molecule has 0 radical (unpaired) electrons. The number of rotatable bonds is 7. The Morgan fingerprint density at radius 2 is 1.87 bits per heavy atom. The topological polar surface area (TPSA) is 89.6 Å². The number of hydrogen-bond acceptors (Lipinski definition) is 6. The fraction of sp³-hybridized carbons (Fsp3) is 0.636. The third-order valence-electron chi connectivity index (χ3n) is 6.08. The zero-order chi connectivity index (χ0) is 22.5. The van der Waals surface area contributed by atoms with E-state index < -0.39 is 0 Å². The van der Waals surface area contributed by atoms with E-state index in [1.54, 1.807) is 0 Å². The van der Waals surface area contributed by atoms with E-state index in [0.29, 0.717) is 50.2 Å². The Bertz CT molecular complexity index is 995. The molecule has 0 atom stereocenters. The normalized spacial score (nSPS) is 15.3. The van der Waals surface area contributed by atoms with Crippen LogP contribution in [0.4, 0.5) is 0 Å². The molecule has 1 aliphatic heterocycles. The van der Waals surface area contributed by atoms with Gasteiger partial charge in [-0.3, -0.25) is 19.3 Å². The Morgan fingerprint density at radius 3 is 2.58 bits per heavy atom. The van der Waals surface area contributed by atoms with Crippen LogP contribution in [0.3, 0.4) is 0 Å². The lowest BCUT2D eigenvalue weighted by molar-refractivity contribution is -0.132. The quantitative estimate of drug-likeness (QED) is 0.701. The van der Waals surface area contributed by atoms with Gasteiger partial charge in [0.15, 0.2) is 0 Å². The van der Waals surface area contributed by atoms with Gasteiger partial charge in [0.05, 0.1) is 11.9 Å². The number of carbonyl (C=O) groups excluding carboxylic acids is 2. The average Bonchev–Trinajstić information content (AvgIpc) is 2.90. The Labute approximate surface area is 187 Å². The summed E-state index contributed by atoms with van der Waals surface area (Å²) in [6.45, 7) is 12.6. The molecule has 0 aromatic carbocycles. The maximum absolute atomic E-state index is 12.8. The smallest absolute Gasteiger partial charge is 0.259 e. The fourth-order valence-corrected chi connectivity index (χ4v) is 5.10. The van der Waals surface area contributed by atoms with E-state index in [2.05, 4.69) is 14.9 Å². The van der Waals surface area contributed by atoms with Crippen molar-refractivity contribution in [3.63, 3.8) is 0 Å². The number of aromatic amines is 1. The van der Waals surface area contributed by atoms with Crippen LogP contribution in [0.1, 0.15) is 43.0 Å². The Balaban J connectivity index is 1.55. The number of thiophene rings is 1. The molecule has 3 heterocycles. The van der Waals surface area contributed by atoms with Gasteiger partial charge in [-0.25, -0.2) is 4.98 Å². The van der Waals surface area contributed by atoms with Crippen molar-refractivity contribution < 1.29 is 9.59 Å². The van der Waals surface area contributed by atoms with Gasteiger partial charge in [0, 0.05) is 57.0 Å². The summed E-state index contributed by atoms with van der Waals surface area (Å²) in [5.74, 6) is 0.779. The number of carbonyl (C=O) groups is 2. The molecule has 0 bridgehead atoms. The minimum atomic E-state index is -0.127. The van der Waals surface area contributed by atoms with Gasteiger partial charge in [0.1, 0.15) is 10.7 Å². The molecule has 3 rings (SSSR count). The van der Waals surface area contributed by atoms with Crippen LogP contribution >= 0.6 is 11.3 Å². The molecule has 170 valence electrons. The number of amides is 2. The van der Waals surface area contributed by atoms with E-state index in [4.69, 9.17) is 0 Å². The van der Waals surface area contributed by atoms with Crippen molar-refractivity contribution in [1.82, 2.24) is 24.7 Å². The van der Waals surface area contributed by atoms with E-state index in [0.717, 1.165) is 41.3 Å². The van der Waals surface area contributed by atoms with Crippen molar-refractivity contribution in [3.05, 3.63) is 26.6 Å². The Hall–Kier alpha value is -2.26. The summed E-state index contributed by atoms with van der Waals surface area (Å²) in [6, 6.07) is 0. The lowest BCUT2D eigenvalue weighted by Gasteiger charge is -2.25. The minimum absolute atomic E-state index is 0.0678. The summed E-state index contributed by atoms with van der Waals surface area (Å²) in [4.78, 5) is 52.7. The lowest BCUT2D eigenvalue weighted by Crippen LogP contribution is -2.42. The zero-order valence-electron chi connectivity index (χ0n) is 19.0. The molecule has 8 nitrogen and oxygen atoms in total. The van der Waals surface area contributed by atoms with Gasteiger partial charge in [0.2, 0.25) is 11.8 Å². The standard InChI is InChI=1S/C22H33N5O3S/c1-5-26(6-2)19(29)14-25-10-7-11-27(13-12-25)18(28)9-8-17-23-21(30)20-15(3)16(4)31-22(20)24-17/h5-14H2,1-4H3,(H,23,24,30). The number of aryl methyl sites for hydroxylation is 3. The Kier molecular flexibility index (Phi) is 7.83. The maximum Gasteiger partial charge on any atom is 0.259 e. The van der Waals surface area contributed by atoms with E-state index in [-0.39, 0.29) is 17.4 Å². The summed E-state index contributed by atoms with van der Waals surface area (Å²) in [7, 11) is 0. The number of aromatic nitrogens is 2. The molecule has 0 spiro atoms. The molecule has 0 saturated carbocycles. The first-order valence-electron chi connectivity index (χ1n) is 11.1. The average molecular weight is 448 g/mol. The lowest BCUT2D eigenvalue weighted by atomic mass is 10.2. The molecular weight excluding hydrogens is 414 g/mol. The van der Waals surface area contributed by atoms with Crippen molar-refractivity contribution in [1.29, 1.82) is 0 Å². The predicted octanol–water partition coefficient (Wildman–Crippen LogP) is 1.94. The number of nitrogens with zero attached hydrogens (tertiary/aromatic N) is 4. The second-order valence-corrected chi connectivity index (χ2v) is 9.26. The largest absolute Gasteiger partial charge is 0.342 e. The van der Waals surface area contributed by atoms with Crippen LogP contribution in [0.25, 0.3) is 10.2 Å². The molecule has 0 aliphatic carbocycles. The second kappa shape index (κ2) is 10.4. The molecule has 1 aliphatic rings. The van der Waals surface area contributed by atoms with Gasteiger partial charge in [-0.15, -0.1) is 11.3 Å². The Morgan fingerprint density at radius 1 is 1.13 bits per heavy atom. The molecule has 2 aromatic rings. The van der Waals surface area contributed by atoms with Crippen molar-refractivity contribution in [3.8, 4) is 0 Å². The van der Waals surface area contributed by atoms with E-state index >= 15 is 0 Å². The summed E-state index contributed by atoms with van der Waals surface area (Å²) >= 11 is 1.52. The van der Waals surface area contributed by atoms with Crippen LogP contribution in [-0.2, 0) is 16.0 Å². The highest BCUT2D eigenvalue weighted by atomic mass is 32.1. The van der Waals surface area contributed by atoms with E-state index in [1.165, 1.54) is 11.3 Å². The third kappa shape index (κ3) is 5.51. The second-order valence-electron chi connectivity index (χ2n) is 8.05. The summed E-state index contributed by atoms with van der Waals surface area (Å²) in [5.41, 5.74) is 0.850. The summed E-state index contributed by atoms with van der Waals surface area (Å²) in [6.07, 6.45) is 1.59. The van der Waals surface area contributed by atoms with Gasteiger partial charge < -0.3 is 14.8 Å². The van der Waals surface area contributed by atoms with Gasteiger partial charge in [-0.05, 0) is 39.7 Å². The van der Waals surface area contributed by atoms with Gasteiger partial charge in [-0.2, -0.15) is 0 Å². The van der Waals surface area contributed by atoms with Crippen molar-refractivity contribution in [2.45, 2.75) is 47.0 Å². The molecule has 2 aromatic heterocycles. The molecule has 1 saturated heterocycles. The van der Waals surface area contributed by atoms with Crippen LogP contribution in [0.2, 0.25) is 0 Å². The van der Waals surface area contributed by atoms with E-state index in [9.17, 15) is 14.4 Å². The SMILES string of the molecule is CCN(CC)C(=O)CN1CCCN(C(=O)CCc2nc3sc(C)c(C)c3c(=O)[nH]2)CC1. The fourth-order valence-electron chi connectivity index (χ4n) is 4.05. The van der Waals surface area contributed by atoms with Crippen LogP contribution < -0.4 is 5.56 Å². The van der Waals surface area contributed by atoms with Crippen LogP contribution in [0.15, 0.2) is 4.79 Å². The van der Waals surface area contributed by atoms with Crippen LogP contribution in [-0.4, -0.2) is 82.3 Å². The molecule has 2 amide bonds. The number of H-pyrrole nitrogens is 1. The van der Waals surface area contributed by atoms with Crippen molar-refractivity contribution >= 4 is 33.4 Å². The first kappa shape index (κ1) is 23.4. The van der Waals surface area contributed by atoms with Gasteiger partial charge in [0.25, 0.3) is 5.56 Å². The first-order chi connectivity index (χ1) is 14.8. The zero-order valence-corrected chi connectivity index (χ0v) is 19.8. The third-order valence-corrected chi connectivity index (χ3v) is 7.18. The predicted molar refractivity (Wildman–Crippen MR) is 124 cm³/mol. The van der Waals surface area contributed by atoms with E-state index in [1.807, 2.05) is 37.5 Å². The summed E-state index contributed by atoms with van der Waals surface area (Å²) < 4.78 is 0. The van der Waals surface area contributed by atoms with Crippen molar-refractivity contribution in [2.24, 2.45) is 0 Å². The number of nitrogens with one attached hydrogen (secondary N) is 1. The van der Waals surface area contributed by atoms with Crippen LogP contribution in [0.5, 0.6) is 0 Å². The van der Waals surface area contributed by atoms with Gasteiger partial charge in [-0.1, -0.05) is 0 Å². The highest BCUT2D eigenvalue weighted by Gasteiger charge is 2.22. The molecule has 1 N–H and O–H groups in total. The molecule has 1 fully saturated rings. The maximum atomic E-state index is 12.8. The van der Waals surface area contributed by atoms with Crippen molar-refractivity contribution in [2.75, 3.05) is 45.8 Å². The number of fused-ring (bicyclic) bond motifs is 1. The highest BCUT2D eigenvalue weighted by molar-refractivity contribution is 7.18. The molecular formula is C22H33N5O3S. The monoisotopic (exact) mass is 447 g/mol. The van der Waals surface area contributed by atoms with Gasteiger partial charge >= 0.3 is 0 Å². The number of hydrogen-bond donors (Lipinski definition) is 1. The summed E-state index contributed by atoms with van der Waals surface area (Å²) in [5, 5.41) is 0.657. The van der Waals surface area contributed by atoms with Crippen LogP contribution in [0, 0.1) is 13.8 Å².